The van der Waals surface area contributed by atoms with Crippen LogP contribution in [0.15, 0.2) is 60.7 Å². The molecule has 2 rings (SSSR count). The van der Waals surface area contributed by atoms with E-state index < -0.39 is 42.6 Å². The molecule has 0 aliphatic rings. The van der Waals surface area contributed by atoms with Gasteiger partial charge in [-0.1, -0.05) is 60.7 Å². The number of hydrogen-bond acceptors (Lipinski definition) is 8. The monoisotopic (exact) mass is 471 g/mol. The minimum Gasteiger partial charge on any atom is -0.445 e. The zero-order chi connectivity index (χ0) is 24.8. The van der Waals surface area contributed by atoms with Crippen molar-refractivity contribution in [1.29, 1.82) is 0 Å². The molecule has 10 heteroatoms. The van der Waals surface area contributed by atoms with Crippen molar-refractivity contribution in [3.8, 4) is 0 Å². The van der Waals surface area contributed by atoms with E-state index in [1.54, 1.807) is 36.4 Å². The number of nitrogens with one attached hydrogen (secondary N) is 2. The summed E-state index contributed by atoms with van der Waals surface area (Å²) in [6.07, 6.45) is -2.58. The maximum absolute atomic E-state index is 12.3. The molecule has 4 N–H and O–H groups in total. The number of Topliss-reactive ketones (excluding diaryl/α,β-unsaturated/α-hetero) is 1. The van der Waals surface area contributed by atoms with Gasteiger partial charge in [0.25, 0.3) is 0 Å². The van der Waals surface area contributed by atoms with Crippen molar-refractivity contribution in [1.82, 2.24) is 10.6 Å². The number of carbonyl (C=O) groups excluding carboxylic acids is 4. The molecular formula is C24H27N2O8. The van der Waals surface area contributed by atoms with Gasteiger partial charge in [-0.2, -0.15) is 0 Å². The summed E-state index contributed by atoms with van der Waals surface area (Å²) in [6.45, 7) is -0.501. The lowest BCUT2D eigenvalue weighted by Crippen LogP contribution is -2.50. The molecule has 0 aliphatic carbocycles. The third kappa shape index (κ3) is 9.00. The van der Waals surface area contributed by atoms with E-state index in [4.69, 9.17) is 9.47 Å². The van der Waals surface area contributed by atoms with Gasteiger partial charge in [0.15, 0.2) is 5.60 Å². The summed E-state index contributed by atoms with van der Waals surface area (Å²) in [7, 11) is 0. The lowest BCUT2D eigenvalue weighted by molar-refractivity contribution is -0.140. The first-order valence-electron chi connectivity index (χ1n) is 10.6. The van der Waals surface area contributed by atoms with Crippen LogP contribution in [0.2, 0.25) is 0 Å². The van der Waals surface area contributed by atoms with E-state index in [9.17, 15) is 29.4 Å². The number of hydrogen-bond donors (Lipinski definition) is 4. The SMILES string of the molecule is O=[C]C(O)(CCCNC(=O)OCc1ccccc1)C(=O)C(O)CNC(=O)OCc1ccccc1. The van der Waals surface area contributed by atoms with Crippen LogP contribution in [0.25, 0.3) is 0 Å². The Hall–Kier alpha value is -3.76. The van der Waals surface area contributed by atoms with Crippen molar-refractivity contribution < 1.29 is 38.9 Å². The number of aliphatic hydroxyl groups excluding tert-OH is 1. The minimum absolute atomic E-state index is 0.00501. The largest absolute Gasteiger partial charge is 0.445 e. The average molecular weight is 471 g/mol. The number of carbonyl (C=O) groups is 3. The van der Waals surface area contributed by atoms with E-state index >= 15 is 0 Å². The molecule has 0 saturated carbocycles. The smallest absolute Gasteiger partial charge is 0.407 e. The van der Waals surface area contributed by atoms with Gasteiger partial charge in [0.05, 0.1) is 6.54 Å². The van der Waals surface area contributed by atoms with E-state index in [1.165, 1.54) is 6.29 Å². The summed E-state index contributed by atoms with van der Waals surface area (Å²) in [5.74, 6) is -1.22. The molecule has 181 valence electrons. The van der Waals surface area contributed by atoms with Crippen LogP contribution in [0, 0.1) is 0 Å². The number of benzene rings is 2. The lowest BCUT2D eigenvalue weighted by Gasteiger charge is -2.22. The minimum atomic E-state index is -2.59. The van der Waals surface area contributed by atoms with Crippen LogP contribution in [-0.2, 0) is 32.3 Å². The fraction of sp³-hybridized carbons (Fsp3) is 0.333. The molecule has 0 aromatic heterocycles. The number of ether oxygens (including phenoxy) is 2. The van der Waals surface area contributed by atoms with Gasteiger partial charge in [-0.15, -0.1) is 0 Å². The van der Waals surface area contributed by atoms with Gasteiger partial charge in [-0.25, -0.2) is 9.59 Å². The molecule has 2 atom stereocenters. The molecule has 2 amide bonds. The first-order chi connectivity index (χ1) is 16.3. The Kier molecular flexibility index (Phi) is 10.7. The summed E-state index contributed by atoms with van der Waals surface area (Å²) in [6, 6.07) is 17.9. The van der Waals surface area contributed by atoms with Gasteiger partial charge in [0, 0.05) is 6.54 Å². The van der Waals surface area contributed by atoms with E-state index in [-0.39, 0.29) is 26.2 Å². The Balaban J connectivity index is 1.68. The summed E-state index contributed by atoms with van der Waals surface area (Å²) in [5.41, 5.74) is -1.04. The number of ketones is 1. The Labute approximate surface area is 196 Å². The number of rotatable bonds is 13. The Bertz CT molecular complexity index is 939. The molecule has 0 heterocycles. The van der Waals surface area contributed by atoms with Gasteiger partial charge in [0.2, 0.25) is 12.1 Å². The normalized spacial score (nSPS) is 13.1. The number of aliphatic hydroxyl groups is 2. The van der Waals surface area contributed by atoms with Gasteiger partial charge in [0.1, 0.15) is 19.3 Å². The van der Waals surface area contributed by atoms with Crippen LogP contribution < -0.4 is 10.6 Å². The maximum Gasteiger partial charge on any atom is 0.407 e. The van der Waals surface area contributed by atoms with Gasteiger partial charge in [-0.05, 0) is 24.0 Å². The third-order valence-corrected chi connectivity index (χ3v) is 4.73. The van der Waals surface area contributed by atoms with Crippen molar-refractivity contribution in [3.05, 3.63) is 71.8 Å². The number of alkyl carbamates (subject to hydrolysis) is 2. The van der Waals surface area contributed by atoms with Crippen molar-refractivity contribution in [2.45, 2.75) is 37.8 Å². The number of amides is 2. The zero-order valence-corrected chi connectivity index (χ0v) is 18.4. The average Bonchev–Trinajstić information content (AvgIpc) is 2.87. The topological polar surface area (TPSA) is 151 Å². The van der Waals surface area contributed by atoms with Gasteiger partial charge in [-0.3, -0.25) is 9.59 Å². The van der Waals surface area contributed by atoms with Crippen molar-refractivity contribution in [2.75, 3.05) is 13.1 Å². The third-order valence-electron chi connectivity index (χ3n) is 4.73. The van der Waals surface area contributed by atoms with Crippen LogP contribution >= 0.6 is 0 Å². The van der Waals surface area contributed by atoms with Crippen LogP contribution in [0.4, 0.5) is 9.59 Å². The fourth-order valence-corrected chi connectivity index (χ4v) is 2.86. The molecule has 34 heavy (non-hydrogen) atoms. The Morgan fingerprint density at radius 3 is 1.88 bits per heavy atom. The molecule has 0 fully saturated rings. The zero-order valence-electron chi connectivity index (χ0n) is 18.4. The first kappa shape index (κ1) is 26.5. The van der Waals surface area contributed by atoms with Crippen LogP contribution in [0.1, 0.15) is 24.0 Å². The van der Waals surface area contributed by atoms with Gasteiger partial charge < -0.3 is 30.3 Å². The summed E-state index contributed by atoms with van der Waals surface area (Å²) in [4.78, 5) is 47.0. The predicted molar refractivity (Wildman–Crippen MR) is 120 cm³/mol. The van der Waals surface area contributed by atoms with Crippen LogP contribution in [0.3, 0.4) is 0 Å². The highest BCUT2D eigenvalue weighted by Crippen LogP contribution is 2.14. The molecule has 1 radical (unpaired) electrons. The lowest BCUT2D eigenvalue weighted by atomic mass is 9.91. The Morgan fingerprint density at radius 2 is 1.38 bits per heavy atom. The van der Waals surface area contributed by atoms with Crippen molar-refractivity contribution >= 4 is 24.3 Å². The van der Waals surface area contributed by atoms with E-state index in [2.05, 4.69) is 10.6 Å². The molecule has 0 aliphatic heterocycles. The van der Waals surface area contributed by atoms with Crippen LogP contribution in [-0.4, -0.2) is 59.3 Å². The highest BCUT2D eigenvalue weighted by molar-refractivity contribution is 6.04. The molecule has 0 saturated heterocycles. The Morgan fingerprint density at radius 1 is 0.882 bits per heavy atom. The standard InChI is InChI=1S/C24H27N2O8/c27-17-24(32,12-7-13-25-22(30)33-15-18-8-3-1-4-9-18)21(29)20(28)14-26-23(31)34-16-19-10-5-2-6-11-19/h1-6,8-11,20,28,32H,7,12-16H2,(H,25,30)(H,26,31). The first-order valence-corrected chi connectivity index (χ1v) is 10.6. The second-order valence-corrected chi connectivity index (χ2v) is 7.38. The molecule has 0 bridgehead atoms. The predicted octanol–water partition coefficient (Wildman–Crippen LogP) is 1.39. The molecule has 0 spiro atoms. The van der Waals surface area contributed by atoms with Gasteiger partial charge >= 0.3 is 12.2 Å². The molecule has 2 aromatic carbocycles. The molecule has 2 unspecified atom stereocenters. The van der Waals surface area contributed by atoms with E-state index in [0.29, 0.717) is 0 Å². The van der Waals surface area contributed by atoms with Crippen molar-refractivity contribution in [3.63, 3.8) is 0 Å². The van der Waals surface area contributed by atoms with Crippen LogP contribution in [0.5, 0.6) is 0 Å². The highest BCUT2D eigenvalue weighted by atomic mass is 16.6. The van der Waals surface area contributed by atoms with E-state index in [0.717, 1.165) is 11.1 Å². The molecule has 10 nitrogen and oxygen atoms in total. The summed E-state index contributed by atoms with van der Waals surface area (Å²) >= 11 is 0. The molecule has 2 aromatic rings. The summed E-state index contributed by atoms with van der Waals surface area (Å²) in [5, 5.41) is 24.9. The second kappa shape index (κ2) is 13.7. The van der Waals surface area contributed by atoms with Crippen molar-refractivity contribution in [2.24, 2.45) is 0 Å². The quantitative estimate of drug-likeness (QED) is 0.253. The maximum atomic E-state index is 12.3. The summed E-state index contributed by atoms with van der Waals surface area (Å²) < 4.78 is 9.98. The molecular weight excluding hydrogens is 444 g/mol. The van der Waals surface area contributed by atoms with E-state index in [1.807, 2.05) is 24.3 Å². The second-order valence-electron chi connectivity index (χ2n) is 7.38. The fourth-order valence-electron chi connectivity index (χ4n) is 2.86. The highest BCUT2D eigenvalue weighted by Gasteiger charge is 2.40.